The van der Waals surface area contributed by atoms with Gasteiger partial charge in [-0.15, -0.1) is 0 Å². The zero-order valence-electron chi connectivity index (χ0n) is 34.4. The number of carbonyl (C=O) groups is 7. The summed E-state index contributed by atoms with van der Waals surface area (Å²) in [6.45, 7) is 11.2. The van der Waals surface area contributed by atoms with Crippen molar-refractivity contribution in [1.82, 2.24) is 31.1 Å². The van der Waals surface area contributed by atoms with Gasteiger partial charge >= 0.3 is 6.09 Å². The summed E-state index contributed by atoms with van der Waals surface area (Å²) in [6.07, 6.45) is 6.56. The van der Waals surface area contributed by atoms with Crippen LogP contribution < -0.4 is 21.3 Å². The second-order valence-electron chi connectivity index (χ2n) is 18.5. The molecular formula is C42H62N6O8. The molecule has 14 heteroatoms. The summed E-state index contributed by atoms with van der Waals surface area (Å²) in [5.74, 6) is -3.82. The molecule has 0 radical (unpaired) electrons. The molecular weight excluding hydrogens is 716 g/mol. The fourth-order valence-electron chi connectivity index (χ4n) is 8.95. The molecule has 4 N–H and O–H groups in total. The Morgan fingerprint density at radius 2 is 1.54 bits per heavy atom. The minimum Gasteiger partial charge on any atom is -0.444 e. The van der Waals surface area contributed by atoms with Crippen molar-refractivity contribution in [2.45, 2.75) is 129 Å². The first-order chi connectivity index (χ1) is 26.2. The molecule has 3 saturated carbocycles. The van der Waals surface area contributed by atoms with Gasteiger partial charge in [-0.05, 0) is 74.2 Å². The predicted molar refractivity (Wildman–Crippen MR) is 209 cm³/mol. The Hall–Kier alpha value is -4.49. The number of ketones is 1. The van der Waals surface area contributed by atoms with Gasteiger partial charge in [0.15, 0.2) is 0 Å². The van der Waals surface area contributed by atoms with E-state index in [1.54, 1.807) is 70.1 Å². The molecule has 1 aromatic rings. The largest absolute Gasteiger partial charge is 0.444 e. The lowest BCUT2D eigenvalue weighted by atomic mass is 9.70. The molecule has 6 amide bonds. The van der Waals surface area contributed by atoms with E-state index in [-0.39, 0.29) is 41.4 Å². The quantitative estimate of drug-likeness (QED) is 0.207. The molecule has 1 aliphatic heterocycles. The topological polar surface area (TPSA) is 183 Å². The van der Waals surface area contributed by atoms with Crippen LogP contribution in [0.4, 0.5) is 4.79 Å². The monoisotopic (exact) mass is 778 g/mol. The second kappa shape index (κ2) is 16.9. The minimum absolute atomic E-state index is 0.0465. The third-order valence-corrected chi connectivity index (χ3v) is 12.5. The molecule has 5 rings (SSSR count). The highest BCUT2D eigenvalue weighted by Crippen LogP contribution is 2.65. The number of fused-ring (bicyclic) bond motifs is 1. The van der Waals surface area contributed by atoms with Crippen LogP contribution in [0.3, 0.4) is 0 Å². The van der Waals surface area contributed by atoms with Crippen molar-refractivity contribution in [2.24, 2.45) is 28.6 Å². The molecule has 4 fully saturated rings. The number of likely N-dealkylation sites (tertiary alicyclic amines) is 1. The molecule has 14 nitrogen and oxygen atoms in total. The molecule has 3 aliphatic carbocycles. The fraction of sp³-hybridized carbons (Fsp3) is 0.690. The van der Waals surface area contributed by atoms with Crippen LogP contribution in [0.2, 0.25) is 0 Å². The molecule has 1 saturated heterocycles. The molecule has 1 unspecified atom stereocenters. The van der Waals surface area contributed by atoms with E-state index in [1.807, 2.05) is 6.92 Å². The lowest BCUT2D eigenvalue weighted by Crippen LogP contribution is -2.62. The summed E-state index contributed by atoms with van der Waals surface area (Å²) >= 11 is 0. The molecule has 0 spiro atoms. The van der Waals surface area contributed by atoms with E-state index < -0.39 is 71.3 Å². The van der Waals surface area contributed by atoms with E-state index in [1.165, 1.54) is 4.90 Å². The molecule has 1 heterocycles. The number of carbonyl (C=O) groups excluding carboxylic acids is 7. The van der Waals surface area contributed by atoms with Crippen molar-refractivity contribution >= 4 is 41.4 Å². The molecule has 6 atom stereocenters. The van der Waals surface area contributed by atoms with Gasteiger partial charge < -0.3 is 35.8 Å². The molecule has 0 aromatic heterocycles. The Balaban J connectivity index is 1.31. The van der Waals surface area contributed by atoms with Crippen LogP contribution >= 0.6 is 0 Å². The smallest absolute Gasteiger partial charge is 0.408 e. The second-order valence-corrected chi connectivity index (χ2v) is 18.5. The number of likely N-dealkylation sites (N-methyl/N-ethyl adjacent to an activating group) is 1. The SMILES string of the molecule is CN(C)C(=O)[C@@H](NC(=O)CNC(=O)C(=O)C(CC1CCC1)NC(=O)[C@@H]1[C@@H]2[C@H](CN1C(=O)[C@@H](NC(=O)OC(C)(C)C)C1(C)CCCCC1)C2(C)C)c1ccccc1. The number of hydrogen-bond acceptors (Lipinski definition) is 8. The first kappa shape index (κ1) is 42.6. The molecule has 56 heavy (non-hydrogen) atoms. The number of benzene rings is 1. The zero-order valence-corrected chi connectivity index (χ0v) is 34.4. The molecule has 0 bridgehead atoms. The maximum absolute atomic E-state index is 14.7. The average molecular weight is 779 g/mol. The van der Waals surface area contributed by atoms with Crippen molar-refractivity contribution in [2.75, 3.05) is 27.2 Å². The van der Waals surface area contributed by atoms with Crippen LogP contribution in [0.5, 0.6) is 0 Å². The Kier molecular flexibility index (Phi) is 12.9. The van der Waals surface area contributed by atoms with Gasteiger partial charge in [0, 0.05) is 20.6 Å². The van der Waals surface area contributed by atoms with Crippen molar-refractivity contribution in [3.63, 3.8) is 0 Å². The summed E-state index contributed by atoms with van der Waals surface area (Å²) in [5.41, 5.74) is -0.999. The average Bonchev–Trinajstić information content (AvgIpc) is 3.41. The lowest BCUT2D eigenvalue weighted by molar-refractivity contribution is -0.146. The first-order valence-electron chi connectivity index (χ1n) is 20.2. The summed E-state index contributed by atoms with van der Waals surface area (Å²) < 4.78 is 5.58. The Bertz CT molecular complexity index is 1660. The van der Waals surface area contributed by atoms with Gasteiger partial charge in [0.1, 0.15) is 23.7 Å². The number of nitrogens with one attached hydrogen (secondary N) is 4. The number of ether oxygens (including phenoxy) is 1. The third-order valence-electron chi connectivity index (χ3n) is 12.5. The van der Waals surface area contributed by atoms with Crippen molar-refractivity contribution in [1.29, 1.82) is 0 Å². The third kappa shape index (κ3) is 9.72. The van der Waals surface area contributed by atoms with Crippen LogP contribution in [0.15, 0.2) is 30.3 Å². The lowest BCUT2D eigenvalue weighted by Gasteiger charge is -2.43. The van der Waals surface area contributed by atoms with Gasteiger partial charge in [-0.1, -0.05) is 89.6 Å². The van der Waals surface area contributed by atoms with Gasteiger partial charge in [0.05, 0.1) is 12.6 Å². The van der Waals surface area contributed by atoms with Crippen LogP contribution in [-0.4, -0.2) is 102 Å². The highest BCUT2D eigenvalue weighted by molar-refractivity contribution is 6.38. The standard InChI is InChI=1S/C42H62N6O8/c1-40(2,3)56-39(55)46-34(42(6)20-13-10-14-21-42)38(54)48-24-27-30(41(27,4)5)32(48)35(51)44-28(22-25-16-15-17-25)33(50)36(52)43-23-29(49)45-31(37(53)47(7)8)26-18-11-9-12-19-26/h9,11-12,18-19,25,27-28,30-32,34H,10,13-17,20-24H2,1-8H3,(H,43,52)(H,44,51)(H,45,49)(H,46,55)/t27-,28?,30-,31-,32-,34+/m0/s1. The highest BCUT2D eigenvalue weighted by atomic mass is 16.6. The summed E-state index contributed by atoms with van der Waals surface area (Å²) in [6, 6.07) is 4.69. The van der Waals surface area contributed by atoms with Gasteiger partial charge in [-0.3, -0.25) is 28.8 Å². The number of hydrogen-bond donors (Lipinski definition) is 4. The molecule has 4 aliphatic rings. The number of nitrogens with zero attached hydrogens (tertiary/aromatic N) is 2. The maximum atomic E-state index is 14.7. The van der Waals surface area contributed by atoms with Crippen molar-refractivity contribution in [3.8, 4) is 0 Å². The summed E-state index contributed by atoms with van der Waals surface area (Å²) in [4.78, 5) is 98.3. The summed E-state index contributed by atoms with van der Waals surface area (Å²) in [7, 11) is 3.14. The normalized spacial score (nSPS) is 23.9. The minimum atomic E-state index is -1.17. The zero-order chi connectivity index (χ0) is 41.2. The van der Waals surface area contributed by atoms with Crippen LogP contribution in [-0.2, 0) is 33.5 Å². The number of rotatable bonds is 14. The number of amides is 6. The van der Waals surface area contributed by atoms with Crippen LogP contribution in [0.25, 0.3) is 0 Å². The van der Waals surface area contributed by atoms with Crippen molar-refractivity contribution in [3.05, 3.63) is 35.9 Å². The van der Waals surface area contributed by atoms with Gasteiger partial charge in [0.2, 0.25) is 29.4 Å². The van der Waals surface area contributed by atoms with Gasteiger partial charge in [-0.2, -0.15) is 0 Å². The van der Waals surface area contributed by atoms with E-state index in [2.05, 4.69) is 35.1 Å². The fourth-order valence-corrected chi connectivity index (χ4v) is 8.95. The van der Waals surface area contributed by atoms with E-state index in [9.17, 15) is 33.6 Å². The Morgan fingerprint density at radius 3 is 2.11 bits per heavy atom. The predicted octanol–water partition coefficient (Wildman–Crippen LogP) is 3.64. The van der Waals surface area contributed by atoms with Crippen LogP contribution in [0, 0.1) is 28.6 Å². The van der Waals surface area contributed by atoms with Crippen molar-refractivity contribution < 1.29 is 38.3 Å². The molecule has 1 aromatic carbocycles. The first-order valence-corrected chi connectivity index (χ1v) is 20.2. The Labute approximate surface area is 331 Å². The number of piperidine rings is 1. The van der Waals surface area contributed by atoms with Gasteiger partial charge in [-0.25, -0.2) is 4.79 Å². The highest BCUT2D eigenvalue weighted by Gasteiger charge is 2.70. The van der Waals surface area contributed by atoms with E-state index in [0.717, 1.165) is 51.4 Å². The van der Waals surface area contributed by atoms with E-state index >= 15 is 0 Å². The van der Waals surface area contributed by atoms with Gasteiger partial charge in [0.25, 0.3) is 5.91 Å². The Morgan fingerprint density at radius 1 is 0.893 bits per heavy atom. The van der Waals surface area contributed by atoms with Crippen LogP contribution in [0.1, 0.15) is 111 Å². The summed E-state index contributed by atoms with van der Waals surface area (Å²) in [5, 5.41) is 10.8. The van der Waals surface area contributed by atoms with E-state index in [0.29, 0.717) is 12.1 Å². The number of alkyl carbamates (subject to hydrolysis) is 1. The van der Waals surface area contributed by atoms with E-state index in [4.69, 9.17) is 4.74 Å². The molecule has 308 valence electrons. The number of Topliss-reactive ketones (excluding diaryl/α,β-unsaturated/α-hetero) is 1. The maximum Gasteiger partial charge on any atom is 0.408 e.